The Morgan fingerprint density at radius 2 is 1.72 bits per heavy atom. The van der Waals surface area contributed by atoms with Gasteiger partial charge in [0.1, 0.15) is 5.97 Å². The van der Waals surface area contributed by atoms with Crippen LogP contribution in [0.2, 0.25) is 0 Å². The van der Waals surface area contributed by atoms with E-state index in [1.54, 1.807) is 12.1 Å². The molecule has 10 heteroatoms. The van der Waals surface area contributed by atoms with E-state index in [2.05, 4.69) is 5.32 Å². The molecule has 0 aromatic heterocycles. The number of benzene rings is 1. The van der Waals surface area contributed by atoms with Crippen LogP contribution in [-0.2, 0) is 11.3 Å². The molecule has 0 unspecified atom stereocenters. The van der Waals surface area contributed by atoms with Crippen molar-refractivity contribution in [3.05, 3.63) is 35.4 Å². The van der Waals surface area contributed by atoms with Gasteiger partial charge in [-0.3, -0.25) is 20.4 Å². The van der Waals surface area contributed by atoms with Crippen LogP contribution in [0.5, 0.6) is 0 Å². The predicted molar refractivity (Wildman–Crippen MR) is 83.4 cm³/mol. The standard InChI is InChI=1S/C13H20N4O.C2HF3O2/c1-3-17(4-2)13(15)16-9-10-6-5-7-11(8-10)12(14)18;3-2(4,5)1(6)7/h5-8H,3-4,9H2,1-2H3,(H4,14,15,16,18);(H,6,7). The molecule has 0 saturated carbocycles. The van der Waals surface area contributed by atoms with Gasteiger partial charge in [-0.25, -0.2) is 0 Å². The lowest BCUT2D eigenvalue weighted by atomic mass is 10.1. The summed E-state index contributed by atoms with van der Waals surface area (Å²) < 4.78 is 33.6. The molecule has 0 heterocycles. The summed E-state index contributed by atoms with van der Waals surface area (Å²) in [6.45, 7) is 6.38. The Hall–Kier alpha value is -2.78. The van der Waals surface area contributed by atoms with E-state index in [9.17, 15) is 18.0 Å². The van der Waals surface area contributed by atoms with Crippen molar-refractivity contribution in [1.82, 2.24) is 5.32 Å². The molecule has 1 aromatic rings. The smallest absolute Gasteiger partial charge is 0.430 e. The fraction of sp³-hybridized carbons (Fsp3) is 0.400. The minimum Gasteiger partial charge on any atom is -0.542 e. The number of carboxylic acids is 1. The van der Waals surface area contributed by atoms with E-state index in [1.165, 1.54) is 0 Å². The summed E-state index contributed by atoms with van der Waals surface area (Å²) in [5, 5.41) is 11.9. The van der Waals surface area contributed by atoms with Crippen LogP contribution < -0.4 is 21.9 Å². The highest BCUT2D eigenvalue weighted by molar-refractivity contribution is 5.92. The van der Waals surface area contributed by atoms with Crippen molar-refractivity contribution in [3.63, 3.8) is 0 Å². The molecule has 0 aliphatic rings. The fourth-order valence-electron chi connectivity index (χ4n) is 1.70. The van der Waals surface area contributed by atoms with Crippen LogP contribution in [0.4, 0.5) is 13.2 Å². The molecular weight excluding hydrogens is 341 g/mol. The second kappa shape index (κ2) is 10.2. The monoisotopic (exact) mass is 362 g/mol. The van der Waals surface area contributed by atoms with Gasteiger partial charge in [-0.1, -0.05) is 12.1 Å². The van der Waals surface area contributed by atoms with Gasteiger partial charge in [0.05, 0.1) is 19.6 Å². The first-order chi connectivity index (χ1) is 11.5. The molecule has 25 heavy (non-hydrogen) atoms. The van der Waals surface area contributed by atoms with E-state index < -0.39 is 18.1 Å². The molecule has 0 aliphatic carbocycles. The molecule has 0 atom stereocenters. The van der Waals surface area contributed by atoms with Gasteiger partial charge in [0, 0.05) is 5.56 Å². The summed E-state index contributed by atoms with van der Waals surface area (Å²) in [7, 11) is 0. The molecule has 0 aliphatic heterocycles. The van der Waals surface area contributed by atoms with Gasteiger partial charge in [0.15, 0.2) is 0 Å². The van der Waals surface area contributed by atoms with Crippen molar-refractivity contribution in [2.24, 2.45) is 11.5 Å². The molecule has 7 nitrogen and oxygen atoms in total. The summed E-state index contributed by atoms with van der Waals surface area (Å²) >= 11 is 0. The van der Waals surface area contributed by atoms with Crippen LogP contribution in [0.1, 0.15) is 29.8 Å². The Labute approximate surface area is 143 Å². The Kier molecular flexibility index (Phi) is 9.03. The summed E-state index contributed by atoms with van der Waals surface area (Å²) in [5.41, 5.74) is 12.6. The number of nitrogens with two attached hydrogens (primary N) is 2. The average Bonchev–Trinajstić information content (AvgIpc) is 2.54. The van der Waals surface area contributed by atoms with Crippen molar-refractivity contribution in [2.45, 2.75) is 26.6 Å². The Morgan fingerprint density at radius 1 is 1.20 bits per heavy atom. The lowest BCUT2D eigenvalue weighted by Gasteiger charge is -2.07. The van der Waals surface area contributed by atoms with Gasteiger partial charge in [-0.05, 0) is 31.5 Å². The van der Waals surface area contributed by atoms with Crippen molar-refractivity contribution >= 4 is 17.8 Å². The van der Waals surface area contributed by atoms with Crippen molar-refractivity contribution in [3.8, 4) is 0 Å². The van der Waals surface area contributed by atoms with E-state index in [-0.39, 0.29) is 0 Å². The largest absolute Gasteiger partial charge is 0.542 e. The molecule has 0 radical (unpaired) electrons. The molecule has 140 valence electrons. The number of halogens is 3. The third-order valence-corrected chi connectivity index (χ3v) is 3.02. The first-order valence-electron chi connectivity index (χ1n) is 7.31. The number of hydrogen-bond acceptors (Lipinski definition) is 3. The van der Waals surface area contributed by atoms with E-state index in [0.29, 0.717) is 18.1 Å². The van der Waals surface area contributed by atoms with E-state index in [4.69, 9.17) is 21.4 Å². The minimum atomic E-state index is -5.19. The van der Waals surface area contributed by atoms with Crippen LogP contribution in [0, 0.1) is 0 Å². The highest BCUT2D eigenvalue weighted by Crippen LogP contribution is 2.11. The number of aliphatic carboxylic acids is 1. The average molecular weight is 362 g/mol. The fourth-order valence-corrected chi connectivity index (χ4v) is 1.70. The Balaban J connectivity index is 0.000000697. The maximum atomic E-state index is 11.1. The third-order valence-electron chi connectivity index (χ3n) is 3.02. The third kappa shape index (κ3) is 8.58. The summed E-state index contributed by atoms with van der Waals surface area (Å²) in [6.07, 6.45) is -5.19. The van der Waals surface area contributed by atoms with Gasteiger partial charge in [-0.2, -0.15) is 13.2 Å². The Bertz CT molecular complexity index is 625. The van der Waals surface area contributed by atoms with Gasteiger partial charge in [0.2, 0.25) is 5.91 Å². The lowest BCUT2D eigenvalue weighted by Crippen LogP contribution is -2.40. The zero-order valence-electron chi connectivity index (χ0n) is 13.9. The number of carbonyl (C=O) groups excluding carboxylic acids is 2. The first kappa shape index (κ1) is 22.2. The topological polar surface area (TPSA) is 124 Å². The van der Waals surface area contributed by atoms with Gasteiger partial charge < -0.3 is 15.6 Å². The maximum absolute atomic E-state index is 11.1. The lowest BCUT2D eigenvalue weighted by molar-refractivity contribution is -0.523. The van der Waals surface area contributed by atoms with Crippen molar-refractivity contribution in [2.75, 3.05) is 13.1 Å². The minimum absolute atomic E-state index is 0.419. The summed E-state index contributed by atoms with van der Waals surface area (Å²) in [4.78, 5) is 19.8. The summed E-state index contributed by atoms with van der Waals surface area (Å²) in [5.74, 6) is -2.78. The molecule has 1 aromatic carbocycles. The highest BCUT2D eigenvalue weighted by atomic mass is 19.4. The van der Waals surface area contributed by atoms with Crippen LogP contribution >= 0.6 is 0 Å². The van der Waals surface area contributed by atoms with Crippen molar-refractivity contribution in [1.29, 1.82) is 0 Å². The molecular formula is C15H21F3N4O3. The number of carboxylic acid groups (broad SMARTS) is 1. The summed E-state index contributed by atoms with van der Waals surface area (Å²) in [6, 6.07) is 7.20. The number of nitrogens with zero attached hydrogens (tertiary/aromatic N) is 1. The molecule has 0 saturated heterocycles. The van der Waals surface area contributed by atoms with Crippen LogP contribution in [0.15, 0.2) is 24.3 Å². The molecule has 1 rings (SSSR count). The number of carbonyl (C=O) groups is 2. The Morgan fingerprint density at radius 3 is 2.12 bits per heavy atom. The number of amides is 1. The van der Waals surface area contributed by atoms with Crippen molar-refractivity contribution < 1.29 is 32.4 Å². The number of guanidine groups is 1. The first-order valence-corrected chi connectivity index (χ1v) is 7.31. The van der Waals surface area contributed by atoms with E-state index in [1.807, 2.05) is 30.6 Å². The van der Waals surface area contributed by atoms with Crippen LogP contribution in [0.25, 0.3) is 0 Å². The number of rotatable bonds is 5. The van der Waals surface area contributed by atoms with Gasteiger partial charge in [-0.15, -0.1) is 0 Å². The van der Waals surface area contributed by atoms with Crippen LogP contribution in [0.3, 0.4) is 0 Å². The normalized spacial score (nSPS) is 10.3. The number of alkyl halides is 3. The zero-order valence-corrected chi connectivity index (χ0v) is 13.9. The second-order valence-electron chi connectivity index (χ2n) is 4.76. The molecule has 0 fully saturated rings. The zero-order chi connectivity index (χ0) is 19.6. The number of nitrogens with one attached hydrogen (secondary N) is 1. The van der Waals surface area contributed by atoms with E-state index in [0.717, 1.165) is 18.7 Å². The van der Waals surface area contributed by atoms with E-state index >= 15 is 0 Å². The number of primary amides is 1. The highest BCUT2D eigenvalue weighted by Gasteiger charge is 2.28. The maximum Gasteiger partial charge on any atom is 0.430 e. The molecule has 0 spiro atoms. The van der Waals surface area contributed by atoms with Gasteiger partial charge >= 0.3 is 12.1 Å². The quantitative estimate of drug-likeness (QED) is 0.371. The molecule has 5 N–H and O–H groups in total. The predicted octanol–water partition coefficient (Wildman–Crippen LogP) is -0.459. The second-order valence-corrected chi connectivity index (χ2v) is 4.76. The van der Waals surface area contributed by atoms with Crippen LogP contribution in [-0.4, -0.2) is 41.7 Å². The van der Waals surface area contributed by atoms with Gasteiger partial charge in [0.25, 0.3) is 0 Å². The molecule has 0 bridgehead atoms. The molecule has 1 amide bonds. The number of hydrogen-bond donors (Lipinski definition) is 3. The SMILES string of the molecule is CC[N+](CC)=C(N)NCc1cccc(C(N)=O)c1.O=C([O-])C(F)(F)F.